The van der Waals surface area contributed by atoms with E-state index in [9.17, 15) is 19.5 Å². The Morgan fingerprint density at radius 3 is 2.38 bits per heavy atom. The molecule has 0 spiro atoms. The zero-order valence-corrected chi connectivity index (χ0v) is 26.8. The van der Waals surface area contributed by atoms with Crippen LogP contribution in [-0.2, 0) is 28.9 Å². The first-order valence-electron chi connectivity index (χ1n) is 15.7. The maximum atomic E-state index is 14.3. The van der Waals surface area contributed by atoms with E-state index >= 15 is 0 Å². The summed E-state index contributed by atoms with van der Waals surface area (Å²) in [6.07, 6.45) is 2.90. The van der Waals surface area contributed by atoms with Crippen LogP contribution >= 0.6 is 11.8 Å². The molecular weight excluding hydrogens is 590 g/mol. The van der Waals surface area contributed by atoms with Gasteiger partial charge < -0.3 is 28.9 Å². The smallest absolute Gasteiger partial charge is 0.332 e. The van der Waals surface area contributed by atoms with Crippen LogP contribution in [0.5, 0.6) is 5.75 Å². The average Bonchev–Trinajstić information content (AvgIpc) is 3.86. The zero-order valence-electron chi connectivity index (χ0n) is 25.9. The molecule has 2 aliphatic heterocycles. The number of hydrogen-bond donors (Lipinski definition) is 1. The largest absolute Gasteiger partial charge is 0.497 e. The van der Waals surface area contributed by atoms with Crippen LogP contribution < -0.4 is 4.74 Å². The first-order chi connectivity index (χ1) is 21.9. The molecule has 2 aromatic carbocycles. The lowest BCUT2D eigenvalue weighted by Crippen LogP contribution is -2.58. The summed E-state index contributed by atoms with van der Waals surface area (Å²) in [4.78, 5) is 46.1. The van der Waals surface area contributed by atoms with E-state index in [2.05, 4.69) is 4.57 Å². The van der Waals surface area contributed by atoms with Crippen molar-refractivity contribution in [1.82, 2.24) is 14.4 Å². The highest BCUT2D eigenvalue weighted by molar-refractivity contribution is 7.99. The van der Waals surface area contributed by atoms with Crippen LogP contribution in [0.3, 0.4) is 0 Å². The number of fused-ring (bicyclic) bond motifs is 3. The van der Waals surface area contributed by atoms with Gasteiger partial charge in [-0.3, -0.25) is 9.59 Å². The lowest BCUT2D eigenvalue weighted by atomic mass is 9.75. The number of aliphatic hydroxyl groups excluding tert-OH is 1. The summed E-state index contributed by atoms with van der Waals surface area (Å²) >= 11 is 1.65. The van der Waals surface area contributed by atoms with E-state index < -0.39 is 11.5 Å². The van der Waals surface area contributed by atoms with Gasteiger partial charge in [0, 0.05) is 61.3 Å². The highest BCUT2D eigenvalue weighted by atomic mass is 32.2. The molecule has 3 aliphatic rings. The summed E-state index contributed by atoms with van der Waals surface area (Å²) in [5.41, 5.74) is 2.74. The van der Waals surface area contributed by atoms with Crippen molar-refractivity contribution in [2.24, 2.45) is 5.92 Å². The molecule has 2 saturated heterocycles. The van der Waals surface area contributed by atoms with Crippen molar-refractivity contribution < 1.29 is 29.0 Å². The zero-order chi connectivity index (χ0) is 31.6. The lowest BCUT2D eigenvalue weighted by molar-refractivity contribution is -0.153. The monoisotopic (exact) mass is 631 g/mol. The minimum Gasteiger partial charge on any atom is -0.497 e. The molecule has 0 bridgehead atoms. The second-order valence-electron chi connectivity index (χ2n) is 12.1. The van der Waals surface area contributed by atoms with Crippen LogP contribution in [0.25, 0.3) is 0 Å². The Morgan fingerprint density at radius 1 is 0.978 bits per heavy atom. The van der Waals surface area contributed by atoms with Gasteiger partial charge in [-0.1, -0.05) is 30.3 Å². The molecule has 6 rings (SSSR count). The summed E-state index contributed by atoms with van der Waals surface area (Å²) in [6, 6.07) is 18.7. The number of benzene rings is 2. The number of esters is 1. The number of hydrogen-bond acceptors (Lipinski definition) is 7. The van der Waals surface area contributed by atoms with E-state index in [1.807, 2.05) is 53.4 Å². The van der Waals surface area contributed by atoms with E-state index in [0.717, 1.165) is 48.5 Å². The summed E-state index contributed by atoms with van der Waals surface area (Å²) in [5, 5.41) is 9.34. The van der Waals surface area contributed by atoms with Gasteiger partial charge in [0.15, 0.2) is 5.54 Å². The van der Waals surface area contributed by atoms with Crippen LogP contribution in [0.2, 0.25) is 0 Å². The second-order valence-corrected chi connectivity index (χ2v) is 13.3. The number of carbonyl (C=O) groups excluding carboxylic acids is 3. The Hall–Kier alpha value is -3.76. The summed E-state index contributed by atoms with van der Waals surface area (Å²) in [7, 11) is 3.00. The number of aromatic nitrogens is 1. The number of thioether (sulfide) groups is 1. The number of nitrogens with zero attached hydrogens (tertiary/aromatic N) is 3. The van der Waals surface area contributed by atoms with Gasteiger partial charge in [-0.15, -0.1) is 0 Å². The number of aliphatic hydroxyl groups is 1. The molecule has 2 amide bonds. The molecule has 238 valence electrons. The SMILES string of the molecule is COC(=O)[C@@]1(Cc2ccc(OC)cc2)C2c3cc(C(=O)N4CCCC4)n(CCSCCO)c3CC2CN1C(=O)c1ccccc1. The van der Waals surface area contributed by atoms with Gasteiger partial charge in [-0.05, 0) is 66.6 Å². The molecule has 1 N–H and O–H groups in total. The minimum absolute atomic E-state index is 0.0136. The Bertz CT molecular complexity index is 1530. The third-order valence-electron chi connectivity index (χ3n) is 9.66. The summed E-state index contributed by atoms with van der Waals surface area (Å²) < 4.78 is 13.1. The quantitative estimate of drug-likeness (QED) is 0.252. The van der Waals surface area contributed by atoms with Crippen molar-refractivity contribution in [2.75, 3.05) is 52.0 Å². The summed E-state index contributed by atoms with van der Waals surface area (Å²) in [5.74, 6) is 1.06. The topological polar surface area (TPSA) is 101 Å². The first-order valence-corrected chi connectivity index (χ1v) is 16.9. The van der Waals surface area contributed by atoms with Gasteiger partial charge >= 0.3 is 5.97 Å². The molecule has 0 saturated carbocycles. The molecule has 2 fully saturated rings. The van der Waals surface area contributed by atoms with Crippen molar-refractivity contribution in [3.05, 3.63) is 88.7 Å². The van der Waals surface area contributed by atoms with E-state index in [4.69, 9.17) is 9.47 Å². The van der Waals surface area contributed by atoms with Gasteiger partial charge in [0.05, 0.1) is 20.8 Å². The lowest BCUT2D eigenvalue weighted by Gasteiger charge is -2.40. The second kappa shape index (κ2) is 13.3. The predicted octanol–water partition coefficient (Wildman–Crippen LogP) is 4.02. The molecule has 3 heterocycles. The normalized spacial score (nSPS) is 21.9. The van der Waals surface area contributed by atoms with E-state index in [1.54, 1.807) is 35.9 Å². The van der Waals surface area contributed by atoms with Crippen molar-refractivity contribution in [2.45, 2.75) is 43.7 Å². The van der Waals surface area contributed by atoms with Crippen LogP contribution in [0, 0.1) is 5.92 Å². The highest BCUT2D eigenvalue weighted by Gasteiger charge is 2.64. The third kappa shape index (κ3) is 5.63. The van der Waals surface area contributed by atoms with Crippen molar-refractivity contribution >= 4 is 29.5 Å². The number of methoxy groups -OCH3 is 2. The molecule has 10 heteroatoms. The maximum Gasteiger partial charge on any atom is 0.332 e. The molecule has 1 aliphatic carbocycles. The Morgan fingerprint density at radius 2 is 1.71 bits per heavy atom. The highest BCUT2D eigenvalue weighted by Crippen LogP contribution is 2.55. The molecule has 3 atom stereocenters. The number of likely N-dealkylation sites (tertiary alicyclic amines) is 2. The van der Waals surface area contributed by atoms with Crippen LogP contribution in [0.15, 0.2) is 60.7 Å². The van der Waals surface area contributed by atoms with Gasteiger partial charge in [0.2, 0.25) is 0 Å². The third-order valence-corrected chi connectivity index (χ3v) is 10.6. The standard InChI is InChI=1S/C35H41N3O6S/c1-43-27-12-10-24(11-13-27)22-35(34(42)44-2)31-26(23-38(35)32(40)25-8-4-3-5-9-25)20-29-28(31)21-30(33(41)36-14-6-7-15-36)37(29)16-18-45-19-17-39/h3-5,8-13,21,26,31,39H,6-7,14-20,22-23H2,1-2H3/t26?,31?,35-/m1/s1. The molecule has 9 nitrogen and oxygen atoms in total. The average molecular weight is 632 g/mol. The number of rotatable bonds is 11. The van der Waals surface area contributed by atoms with Crippen molar-refractivity contribution in [1.29, 1.82) is 0 Å². The van der Waals surface area contributed by atoms with Gasteiger partial charge in [0.25, 0.3) is 11.8 Å². The maximum absolute atomic E-state index is 14.3. The fourth-order valence-electron chi connectivity index (χ4n) is 7.69. The van der Waals surface area contributed by atoms with Crippen LogP contribution in [-0.4, -0.2) is 94.8 Å². The van der Waals surface area contributed by atoms with Crippen LogP contribution in [0.4, 0.5) is 0 Å². The van der Waals surface area contributed by atoms with E-state index in [1.165, 1.54) is 7.11 Å². The fraction of sp³-hybridized carbons (Fsp3) is 0.457. The molecule has 0 radical (unpaired) electrons. The fourth-order valence-corrected chi connectivity index (χ4v) is 8.34. The van der Waals surface area contributed by atoms with E-state index in [-0.39, 0.29) is 36.7 Å². The van der Waals surface area contributed by atoms with Crippen LogP contribution in [0.1, 0.15) is 56.4 Å². The number of ether oxygens (including phenoxy) is 2. The van der Waals surface area contributed by atoms with Crippen molar-refractivity contribution in [3.63, 3.8) is 0 Å². The van der Waals surface area contributed by atoms with Gasteiger partial charge in [-0.2, -0.15) is 11.8 Å². The molecule has 45 heavy (non-hydrogen) atoms. The molecule has 2 unspecified atom stereocenters. The number of carbonyl (C=O) groups is 3. The van der Waals surface area contributed by atoms with Crippen molar-refractivity contribution in [3.8, 4) is 5.75 Å². The van der Waals surface area contributed by atoms with E-state index in [0.29, 0.717) is 42.3 Å². The first kappa shape index (κ1) is 31.2. The Labute approximate surface area is 268 Å². The Balaban J connectivity index is 1.48. The minimum atomic E-state index is -1.32. The number of amides is 2. The van der Waals surface area contributed by atoms with Gasteiger partial charge in [0.1, 0.15) is 11.4 Å². The van der Waals surface area contributed by atoms with Gasteiger partial charge in [-0.25, -0.2) is 4.79 Å². The Kier molecular flexibility index (Phi) is 9.23. The predicted molar refractivity (Wildman–Crippen MR) is 173 cm³/mol. The molecular formula is C35H41N3O6S. The summed E-state index contributed by atoms with van der Waals surface area (Å²) in [6.45, 7) is 2.61. The molecule has 3 aromatic rings. The molecule has 1 aromatic heterocycles.